The number of cyclic esters (lactones) is 1. The summed E-state index contributed by atoms with van der Waals surface area (Å²) in [5, 5.41) is 7.95. The van der Waals surface area contributed by atoms with Gasteiger partial charge in [-0.3, -0.25) is 0 Å². The van der Waals surface area contributed by atoms with Crippen molar-refractivity contribution in [1.29, 1.82) is 0 Å². The number of aryl methyl sites for hydroxylation is 1. The SMILES string of the molecule is CCCc1cc2c(N3CCn4c(nnc4C(F)(F)F)C3)nc(OCCN3CCOC3=O)nc2s1. The second-order valence-corrected chi connectivity index (χ2v) is 9.09. The maximum atomic E-state index is 13.2. The Morgan fingerprint density at radius 3 is 2.79 bits per heavy atom. The lowest BCUT2D eigenvalue weighted by Gasteiger charge is -2.29. The minimum atomic E-state index is -4.55. The molecule has 0 atom stereocenters. The number of rotatable bonds is 7. The summed E-state index contributed by atoms with van der Waals surface area (Å²) < 4.78 is 51.4. The first-order valence-electron chi connectivity index (χ1n) is 10.9. The van der Waals surface area contributed by atoms with Gasteiger partial charge in [0.15, 0.2) is 5.82 Å². The molecule has 0 radical (unpaired) electrons. The van der Waals surface area contributed by atoms with Crippen LogP contribution in [0.1, 0.15) is 29.9 Å². The van der Waals surface area contributed by atoms with Crippen molar-refractivity contribution in [3.63, 3.8) is 0 Å². The Morgan fingerprint density at radius 1 is 1.21 bits per heavy atom. The third-order valence-corrected chi connectivity index (χ3v) is 6.73. The number of hydrogen-bond donors (Lipinski definition) is 0. The average Bonchev–Trinajstić information content (AvgIpc) is 3.50. The summed E-state index contributed by atoms with van der Waals surface area (Å²) in [6.07, 6.45) is -3.07. The van der Waals surface area contributed by atoms with E-state index in [0.717, 1.165) is 32.5 Å². The van der Waals surface area contributed by atoms with Gasteiger partial charge in [-0.2, -0.15) is 23.1 Å². The largest absolute Gasteiger partial charge is 0.461 e. The molecule has 0 saturated carbocycles. The van der Waals surface area contributed by atoms with Gasteiger partial charge in [0.2, 0.25) is 5.82 Å². The first-order chi connectivity index (χ1) is 16.3. The Hall–Kier alpha value is -3.16. The molecule has 0 unspecified atom stereocenters. The van der Waals surface area contributed by atoms with E-state index in [-0.39, 0.29) is 37.6 Å². The molecule has 2 aliphatic rings. The van der Waals surface area contributed by atoms with Crippen LogP contribution in [0.3, 0.4) is 0 Å². The number of anilines is 1. The molecule has 5 heterocycles. The van der Waals surface area contributed by atoms with E-state index in [9.17, 15) is 18.0 Å². The Bertz CT molecular complexity index is 1210. The lowest BCUT2D eigenvalue weighted by atomic mass is 10.2. The molecular weight excluding hydrogens is 475 g/mol. The first kappa shape index (κ1) is 22.6. The highest BCUT2D eigenvalue weighted by Gasteiger charge is 2.39. The number of carbonyl (C=O) groups excluding carboxylic acids is 1. The summed E-state index contributed by atoms with van der Waals surface area (Å²) in [6, 6.07) is 2.19. The van der Waals surface area contributed by atoms with Crippen LogP contribution in [0.4, 0.5) is 23.8 Å². The highest BCUT2D eigenvalue weighted by Crippen LogP contribution is 2.35. The zero-order valence-corrected chi connectivity index (χ0v) is 19.2. The minimum absolute atomic E-state index is 0.0852. The standard InChI is InChI=1S/C20H22F3N7O3S/c1-2-3-12-10-13-15(29-4-5-30-14(11-29)26-27-17(30)20(21,22)23)24-18(25-16(13)34-12)32-8-6-28-7-9-33-19(28)31/h10H,2-9,11H2,1H3. The van der Waals surface area contributed by atoms with Gasteiger partial charge >= 0.3 is 18.3 Å². The Kier molecular flexibility index (Phi) is 5.91. The van der Waals surface area contributed by atoms with Gasteiger partial charge in [0.05, 0.1) is 25.0 Å². The molecule has 1 amide bonds. The topological polar surface area (TPSA) is 98.5 Å². The number of thiophene rings is 1. The molecule has 0 aliphatic carbocycles. The van der Waals surface area contributed by atoms with E-state index in [2.05, 4.69) is 27.1 Å². The molecule has 10 nitrogen and oxygen atoms in total. The van der Waals surface area contributed by atoms with Crippen molar-refractivity contribution in [3.8, 4) is 6.01 Å². The van der Waals surface area contributed by atoms with Crippen LogP contribution < -0.4 is 9.64 Å². The van der Waals surface area contributed by atoms with E-state index >= 15 is 0 Å². The number of aromatic nitrogens is 5. The molecule has 182 valence electrons. The zero-order chi connectivity index (χ0) is 23.9. The molecule has 3 aromatic heterocycles. The van der Waals surface area contributed by atoms with Gasteiger partial charge in [0, 0.05) is 18.0 Å². The maximum Gasteiger partial charge on any atom is 0.451 e. The monoisotopic (exact) mass is 497 g/mol. The summed E-state index contributed by atoms with van der Waals surface area (Å²) >= 11 is 1.54. The second kappa shape index (κ2) is 8.89. The quantitative estimate of drug-likeness (QED) is 0.491. The predicted octanol–water partition coefficient (Wildman–Crippen LogP) is 3.11. The van der Waals surface area contributed by atoms with Crippen molar-refractivity contribution < 1.29 is 27.4 Å². The number of amides is 1. The number of fused-ring (bicyclic) bond motifs is 2. The molecule has 1 fully saturated rings. The van der Waals surface area contributed by atoms with Gasteiger partial charge in [-0.25, -0.2) is 4.79 Å². The first-order valence-corrected chi connectivity index (χ1v) is 11.7. The maximum absolute atomic E-state index is 13.2. The molecule has 0 bridgehead atoms. The fraction of sp³-hybridized carbons (Fsp3) is 0.550. The van der Waals surface area contributed by atoms with Gasteiger partial charge in [0.25, 0.3) is 0 Å². The van der Waals surface area contributed by atoms with Crippen LogP contribution >= 0.6 is 11.3 Å². The van der Waals surface area contributed by atoms with Crippen LogP contribution in [0.25, 0.3) is 10.2 Å². The average molecular weight is 498 g/mol. The van der Waals surface area contributed by atoms with E-state index in [4.69, 9.17) is 9.47 Å². The van der Waals surface area contributed by atoms with Gasteiger partial charge in [-0.1, -0.05) is 13.3 Å². The Labute approximate surface area is 196 Å². The molecule has 0 spiro atoms. The summed E-state index contributed by atoms with van der Waals surface area (Å²) in [4.78, 5) is 26.0. The third-order valence-electron chi connectivity index (χ3n) is 5.64. The van der Waals surface area contributed by atoms with Crippen LogP contribution in [-0.2, 0) is 30.4 Å². The van der Waals surface area contributed by atoms with E-state index in [1.165, 1.54) is 0 Å². The van der Waals surface area contributed by atoms with Crippen molar-refractivity contribution in [2.24, 2.45) is 0 Å². The molecule has 34 heavy (non-hydrogen) atoms. The second-order valence-electron chi connectivity index (χ2n) is 7.97. The molecule has 1 saturated heterocycles. The lowest BCUT2D eigenvalue weighted by Crippen LogP contribution is -2.36. The predicted molar refractivity (Wildman–Crippen MR) is 116 cm³/mol. The molecule has 3 aromatic rings. The summed E-state index contributed by atoms with van der Waals surface area (Å²) in [5.74, 6) is -0.174. The fourth-order valence-electron chi connectivity index (χ4n) is 4.04. The molecule has 5 rings (SSSR count). The van der Waals surface area contributed by atoms with Gasteiger partial charge < -0.3 is 23.8 Å². The van der Waals surface area contributed by atoms with Crippen LogP contribution in [0.15, 0.2) is 6.07 Å². The minimum Gasteiger partial charge on any atom is -0.461 e. The summed E-state index contributed by atoms with van der Waals surface area (Å²) in [6.45, 7) is 4.01. The normalized spacial score (nSPS) is 16.3. The van der Waals surface area contributed by atoms with Gasteiger partial charge in [-0.05, 0) is 12.5 Å². The number of ether oxygens (including phenoxy) is 2. The van der Waals surface area contributed by atoms with Crippen molar-refractivity contribution >= 4 is 33.5 Å². The van der Waals surface area contributed by atoms with Crippen molar-refractivity contribution in [2.45, 2.75) is 39.0 Å². The van der Waals surface area contributed by atoms with Crippen molar-refractivity contribution in [2.75, 3.05) is 37.7 Å². The highest BCUT2D eigenvalue weighted by atomic mass is 32.1. The third kappa shape index (κ3) is 4.33. The van der Waals surface area contributed by atoms with E-state index < -0.39 is 12.0 Å². The zero-order valence-electron chi connectivity index (χ0n) is 18.3. The van der Waals surface area contributed by atoms with Crippen LogP contribution in [-0.4, -0.2) is 68.6 Å². The van der Waals surface area contributed by atoms with Crippen LogP contribution in [0.2, 0.25) is 0 Å². The Balaban J connectivity index is 1.42. The fourth-order valence-corrected chi connectivity index (χ4v) is 5.15. The molecule has 0 N–H and O–H groups in total. The lowest BCUT2D eigenvalue weighted by molar-refractivity contribution is -0.147. The molecular formula is C20H22F3N7O3S. The van der Waals surface area contributed by atoms with E-state index in [0.29, 0.717) is 32.1 Å². The van der Waals surface area contributed by atoms with E-state index in [1.54, 1.807) is 16.2 Å². The van der Waals surface area contributed by atoms with Crippen molar-refractivity contribution in [3.05, 3.63) is 22.6 Å². The number of nitrogens with zero attached hydrogens (tertiary/aromatic N) is 7. The summed E-state index contributed by atoms with van der Waals surface area (Å²) in [5.41, 5.74) is 0. The van der Waals surface area contributed by atoms with Crippen molar-refractivity contribution in [1.82, 2.24) is 29.6 Å². The van der Waals surface area contributed by atoms with Crippen LogP contribution in [0.5, 0.6) is 6.01 Å². The molecule has 0 aromatic carbocycles. The number of hydrogen-bond acceptors (Lipinski definition) is 9. The number of halogens is 3. The highest BCUT2D eigenvalue weighted by molar-refractivity contribution is 7.18. The smallest absolute Gasteiger partial charge is 0.451 e. The summed E-state index contributed by atoms with van der Waals surface area (Å²) in [7, 11) is 0. The Morgan fingerprint density at radius 2 is 2.06 bits per heavy atom. The molecule has 14 heteroatoms. The van der Waals surface area contributed by atoms with E-state index in [1.807, 2.05) is 11.0 Å². The van der Waals surface area contributed by atoms with Gasteiger partial charge in [0.1, 0.15) is 23.9 Å². The van der Waals surface area contributed by atoms with Gasteiger partial charge in [-0.15, -0.1) is 21.5 Å². The number of carbonyl (C=O) groups is 1. The number of alkyl halides is 3. The molecule has 2 aliphatic heterocycles. The van der Waals surface area contributed by atoms with Crippen LogP contribution in [0, 0.1) is 0 Å².